The normalized spacial score (nSPS) is 52.5. The van der Waals surface area contributed by atoms with Crippen LogP contribution in [-0.4, -0.2) is 158 Å². The average molecular weight is 508 g/mol. The standard InChI is InChI=1S/C18H30F2O14/c19-7-12(26)9(23)4(1-21)32-17(7)30-3-6-11(25)15(14(28)16(29)31-6)34-18-8(20)13(27)10(24)5(2-22)33-18/h4-18,21-29H,1-3H2/t4-,5-,6-,7+,8+,9-,10-,11-,12-,13-,14+,15+,16+,17+,18-/m1/s1. The lowest BCUT2D eigenvalue weighted by Crippen LogP contribution is -2.64. The molecule has 0 amide bonds. The summed E-state index contributed by atoms with van der Waals surface area (Å²) in [6.45, 7) is -2.30. The molecule has 0 unspecified atom stereocenters. The van der Waals surface area contributed by atoms with Crippen LogP contribution in [0.4, 0.5) is 8.78 Å². The Morgan fingerprint density at radius 2 is 1.09 bits per heavy atom. The zero-order chi connectivity index (χ0) is 25.3. The minimum atomic E-state index is -2.36. The van der Waals surface area contributed by atoms with Crippen molar-refractivity contribution in [2.75, 3.05) is 19.8 Å². The molecule has 3 aliphatic heterocycles. The van der Waals surface area contributed by atoms with E-state index in [1.54, 1.807) is 0 Å². The van der Waals surface area contributed by atoms with Gasteiger partial charge < -0.3 is 69.6 Å². The van der Waals surface area contributed by atoms with Crippen LogP contribution in [0.5, 0.6) is 0 Å². The predicted molar refractivity (Wildman–Crippen MR) is 99.0 cm³/mol. The van der Waals surface area contributed by atoms with E-state index in [1.165, 1.54) is 0 Å². The highest BCUT2D eigenvalue weighted by Crippen LogP contribution is 2.31. The Bertz CT molecular complexity index is 646. The summed E-state index contributed by atoms with van der Waals surface area (Å²) >= 11 is 0. The average Bonchev–Trinajstić information content (AvgIpc) is 2.82. The molecule has 3 fully saturated rings. The van der Waals surface area contributed by atoms with Gasteiger partial charge in [-0.1, -0.05) is 0 Å². The van der Waals surface area contributed by atoms with E-state index >= 15 is 0 Å². The van der Waals surface area contributed by atoms with Crippen LogP contribution in [-0.2, 0) is 23.7 Å². The van der Waals surface area contributed by atoms with Crippen LogP contribution < -0.4 is 0 Å². The highest BCUT2D eigenvalue weighted by molar-refractivity contribution is 4.94. The van der Waals surface area contributed by atoms with Gasteiger partial charge in [0.25, 0.3) is 0 Å². The molecule has 0 saturated carbocycles. The van der Waals surface area contributed by atoms with Crippen molar-refractivity contribution in [3.63, 3.8) is 0 Å². The fourth-order valence-electron chi connectivity index (χ4n) is 3.89. The van der Waals surface area contributed by atoms with Crippen molar-refractivity contribution in [1.82, 2.24) is 0 Å². The van der Waals surface area contributed by atoms with Crippen molar-refractivity contribution in [2.24, 2.45) is 0 Å². The highest BCUT2D eigenvalue weighted by Gasteiger charge is 2.52. The van der Waals surface area contributed by atoms with E-state index in [2.05, 4.69) is 0 Å². The van der Waals surface area contributed by atoms with Gasteiger partial charge in [0.1, 0.15) is 61.0 Å². The van der Waals surface area contributed by atoms with Crippen molar-refractivity contribution < 1.29 is 78.4 Å². The molecule has 0 aromatic carbocycles. The van der Waals surface area contributed by atoms with Crippen LogP contribution in [0.3, 0.4) is 0 Å². The molecular formula is C18H30F2O14. The van der Waals surface area contributed by atoms with Gasteiger partial charge in [0.15, 0.2) is 31.2 Å². The maximum Gasteiger partial charge on any atom is 0.192 e. The van der Waals surface area contributed by atoms with Crippen molar-refractivity contribution in [2.45, 2.75) is 92.3 Å². The summed E-state index contributed by atoms with van der Waals surface area (Å²) in [5, 5.41) is 88.0. The molecule has 3 rings (SSSR count). The molecule has 0 radical (unpaired) electrons. The zero-order valence-corrected chi connectivity index (χ0v) is 17.6. The highest BCUT2D eigenvalue weighted by atomic mass is 19.1. The van der Waals surface area contributed by atoms with Gasteiger partial charge >= 0.3 is 0 Å². The second-order valence-electron chi connectivity index (χ2n) is 8.28. The number of aliphatic hydroxyl groups is 9. The van der Waals surface area contributed by atoms with Crippen LogP contribution in [0.1, 0.15) is 0 Å². The smallest absolute Gasteiger partial charge is 0.192 e. The first-order valence-electron chi connectivity index (χ1n) is 10.5. The summed E-state index contributed by atoms with van der Waals surface area (Å²) in [5.74, 6) is 0. The minimum Gasteiger partial charge on any atom is -0.394 e. The van der Waals surface area contributed by atoms with Gasteiger partial charge in [-0.25, -0.2) is 8.78 Å². The summed E-state index contributed by atoms with van der Waals surface area (Å²) in [7, 11) is 0. The summed E-state index contributed by atoms with van der Waals surface area (Å²) in [4.78, 5) is 0. The molecule has 0 bridgehead atoms. The van der Waals surface area contributed by atoms with Crippen LogP contribution in [0.25, 0.3) is 0 Å². The Labute approximate surface area is 191 Å². The molecule has 14 nitrogen and oxygen atoms in total. The lowest BCUT2D eigenvalue weighted by Gasteiger charge is -2.45. The molecule has 0 aromatic rings. The Morgan fingerprint density at radius 1 is 0.588 bits per heavy atom. The maximum atomic E-state index is 14.4. The Morgan fingerprint density at radius 3 is 1.62 bits per heavy atom. The summed E-state index contributed by atoms with van der Waals surface area (Å²) < 4.78 is 54.1. The number of alkyl halides is 2. The monoisotopic (exact) mass is 508 g/mol. The zero-order valence-electron chi connectivity index (χ0n) is 17.6. The SMILES string of the molecule is OC[C@H]1O[C@H](OC[C@H]2O[C@H](O)[C@@H](O)[C@@H](O[C@H]3O[C@H](CO)[C@@H](O)[C@H](O)[C@@H]3F)[C@@H]2O)[C@@H](F)[C@@H](O)[C@@H]1O. The summed E-state index contributed by atoms with van der Waals surface area (Å²) in [6, 6.07) is 0. The Balaban J connectivity index is 1.65. The second-order valence-corrected chi connectivity index (χ2v) is 8.28. The van der Waals surface area contributed by atoms with Gasteiger partial charge in [0.05, 0.1) is 19.8 Å². The first-order valence-corrected chi connectivity index (χ1v) is 10.5. The van der Waals surface area contributed by atoms with E-state index in [0.717, 1.165) is 0 Å². The molecule has 3 heterocycles. The van der Waals surface area contributed by atoms with Crippen LogP contribution in [0.2, 0.25) is 0 Å². The minimum absolute atomic E-state index is 0.720. The number of halogens is 2. The third kappa shape index (κ3) is 5.50. The van der Waals surface area contributed by atoms with E-state index in [9.17, 15) is 54.7 Å². The van der Waals surface area contributed by atoms with Crippen LogP contribution >= 0.6 is 0 Å². The van der Waals surface area contributed by atoms with Crippen LogP contribution in [0.15, 0.2) is 0 Å². The molecule has 0 aliphatic carbocycles. The third-order valence-corrected chi connectivity index (χ3v) is 5.99. The molecule has 0 aromatic heterocycles. The lowest BCUT2D eigenvalue weighted by atomic mass is 9.97. The fourth-order valence-corrected chi connectivity index (χ4v) is 3.89. The molecule has 3 saturated heterocycles. The summed E-state index contributed by atoms with van der Waals surface area (Å²) in [5.41, 5.74) is 0. The van der Waals surface area contributed by atoms with Crippen LogP contribution in [0, 0.1) is 0 Å². The van der Waals surface area contributed by atoms with Crippen molar-refractivity contribution >= 4 is 0 Å². The first-order chi connectivity index (χ1) is 16.0. The fraction of sp³-hybridized carbons (Fsp3) is 1.00. The molecule has 9 N–H and O–H groups in total. The molecule has 3 aliphatic rings. The van der Waals surface area contributed by atoms with E-state index in [4.69, 9.17) is 23.7 Å². The molecule has 34 heavy (non-hydrogen) atoms. The predicted octanol–water partition coefficient (Wildman–Crippen LogP) is -5.62. The van der Waals surface area contributed by atoms with Gasteiger partial charge in [0, 0.05) is 0 Å². The molecule has 0 spiro atoms. The lowest BCUT2D eigenvalue weighted by molar-refractivity contribution is -0.355. The van der Waals surface area contributed by atoms with Crippen molar-refractivity contribution in [1.29, 1.82) is 0 Å². The van der Waals surface area contributed by atoms with E-state index in [1.807, 2.05) is 0 Å². The molecular weight excluding hydrogens is 478 g/mol. The Kier molecular flexibility index (Phi) is 9.49. The number of hydrogen-bond acceptors (Lipinski definition) is 14. The summed E-state index contributed by atoms with van der Waals surface area (Å²) in [6.07, 6.45) is -27.9. The number of aliphatic hydroxyl groups excluding tert-OH is 9. The largest absolute Gasteiger partial charge is 0.394 e. The van der Waals surface area contributed by atoms with E-state index < -0.39 is 112 Å². The van der Waals surface area contributed by atoms with Crippen molar-refractivity contribution in [3.8, 4) is 0 Å². The van der Waals surface area contributed by atoms with Crippen molar-refractivity contribution in [3.05, 3.63) is 0 Å². The molecule has 200 valence electrons. The van der Waals surface area contributed by atoms with E-state index in [0.29, 0.717) is 0 Å². The van der Waals surface area contributed by atoms with Gasteiger partial charge in [-0.15, -0.1) is 0 Å². The van der Waals surface area contributed by atoms with Gasteiger partial charge in [-0.2, -0.15) is 0 Å². The quantitative estimate of drug-likeness (QED) is 0.156. The Hall–Kier alpha value is -0.700. The van der Waals surface area contributed by atoms with E-state index in [-0.39, 0.29) is 0 Å². The maximum absolute atomic E-state index is 14.4. The first kappa shape index (κ1) is 27.9. The van der Waals surface area contributed by atoms with Gasteiger partial charge in [-0.05, 0) is 0 Å². The number of rotatable bonds is 7. The van der Waals surface area contributed by atoms with Gasteiger partial charge in [-0.3, -0.25) is 0 Å². The third-order valence-electron chi connectivity index (χ3n) is 5.99. The second kappa shape index (κ2) is 11.6. The number of ether oxygens (including phenoxy) is 5. The number of hydrogen-bond donors (Lipinski definition) is 9. The molecule has 15 atom stereocenters. The topological polar surface area (TPSA) is 228 Å². The molecule has 16 heteroatoms. The van der Waals surface area contributed by atoms with Gasteiger partial charge in [0.2, 0.25) is 0 Å².